The molecule has 1 unspecified atom stereocenters. The molecule has 26 heavy (non-hydrogen) atoms. The average molecular weight is 369 g/mol. The van der Waals surface area contributed by atoms with E-state index in [0.717, 1.165) is 4.57 Å². The molecule has 1 aromatic heterocycles. The zero-order valence-corrected chi connectivity index (χ0v) is 15.1. The molecule has 5 nitrogen and oxygen atoms in total. The van der Waals surface area contributed by atoms with E-state index in [1.54, 1.807) is 32.6 Å². The van der Waals surface area contributed by atoms with Crippen LogP contribution in [0, 0.1) is 0 Å². The molecule has 2 heterocycles. The Balaban J connectivity index is 2.07. The van der Waals surface area contributed by atoms with Crippen LogP contribution in [0.4, 0.5) is 13.2 Å². The summed E-state index contributed by atoms with van der Waals surface area (Å²) < 4.78 is 41.1. The maximum atomic E-state index is 13.3. The summed E-state index contributed by atoms with van der Waals surface area (Å²) in [4.78, 5) is 18.1. The van der Waals surface area contributed by atoms with Gasteiger partial charge in [0, 0.05) is 18.2 Å². The van der Waals surface area contributed by atoms with Gasteiger partial charge in [0.05, 0.1) is 22.7 Å². The number of carbonyl (C=O) groups excluding carboxylic acids is 1. The number of hydrogen-bond donors (Lipinski definition) is 1. The minimum Gasteiger partial charge on any atom is -0.391 e. The number of nitrogens with zero attached hydrogens (tertiary/aromatic N) is 3. The van der Waals surface area contributed by atoms with Crippen molar-refractivity contribution in [3.63, 3.8) is 0 Å². The van der Waals surface area contributed by atoms with Crippen molar-refractivity contribution in [3.05, 3.63) is 29.6 Å². The first-order chi connectivity index (χ1) is 11.9. The lowest BCUT2D eigenvalue weighted by Gasteiger charge is -2.33. The SMILES string of the molecule is CC(C)n1c(C(F)(F)F)nc2cc(C(=O)N3CCC(O)C3(C)C)ccc21. The van der Waals surface area contributed by atoms with Crippen LogP contribution in [0.1, 0.15) is 56.3 Å². The number of imidazole rings is 1. The third kappa shape index (κ3) is 2.86. The standard InChI is InChI=1S/C18H22F3N3O2/c1-10(2)24-13-6-5-11(9-12(13)22-16(24)18(19,20)21)15(26)23-8-7-14(25)17(23,3)4/h5-6,9-10,14,25H,7-8H2,1-4H3. The smallest absolute Gasteiger partial charge is 0.391 e. The molecule has 2 aromatic rings. The third-order valence-electron chi connectivity index (χ3n) is 5.09. The third-order valence-corrected chi connectivity index (χ3v) is 5.09. The Morgan fingerprint density at radius 3 is 2.50 bits per heavy atom. The lowest BCUT2D eigenvalue weighted by molar-refractivity contribution is -0.147. The zero-order chi connectivity index (χ0) is 19.4. The van der Waals surface area contributed by atoms with Gasteiger partial charge in [-0.05, 0) is 52.3 Å². The molecule has 142 valence electrons. The van der Waals surface area contributed by atoms with Gasteiger partial charge in [-0.15, -0.1) is 0 Å². The zero-order valence-electron chi connectivity index (χ0n) is 15.1. The van der Waals surface area contributed by atoms with Crippen LogP contribution in [-0.4, -0.2) is 43.7 Å². The Bertz CT molecular complexity index is 855. The van der Waals surface area contributed by atoms with E-state index in [9.17, 15) is 23.1 Å². The number of aliphatic hydroxyl groups excluding tert-OH is 1. The predicted molar refractivity (Wildman–Crippen MR) is 90.9 cm³/mol. The van der Waals surface area contributed by atoms with Crippen LogP contribution >= 0.6 is 0 Å². The van der Waals surface area contributed by atoms with Gasteiger partial charge in [0.2, 0.25) is 5.82 Å². The number of amides is 1. The van der Waals surface area contributed by atoms with Crippen molar-refractivity contribution in [1.82, 2.24) is 14.5 Å². The summed E-state index contributed by atoms with van der Waals surface area (Å²) in [6, 6.07) is 3.99. The van der Waals surface area contributed by atoms with Crippen molar-refractivity contribution < 1.29 is 23.1 Å². The summed E-state index contributed by atoms with van der Waals surface area (Å²) in [6.45, 7) is 7.26. The molecule has 1 saturated heterocycles. The van der Waals surface area contributed by atoms with E-state index in [4.69, 9.17) is 0 Å². The van der Waals surface area contributed by atoms with E-state index in [1.807, 2.05) is 0 Å². The molecule has 0 spiro atoms. The van der Waals surface area contributed by atoms with Gasteiger partial charge in [0.25, 0.3) is 5.91 Å². The van der Waals surface area contributed by atoms with Gasteiger partial charge in [0.1, 0.15) is 0 Å². The van der Waals surface area contributed by atoms with E-state index >= 15 is 0 Å². The number of fused-ring (bicyclic) bond motifs is 1. The molecule has 3 rings (SSSR count). The Kier molecular flexibility index (Phi) is 4.29. The van der Waals surface area contributed by atoms with Gasteiger partial charge in [-0.2, -0.15) is 13.2 Å². The first-order valence-corrected chi connectivity index (χ1v) is 8.53. The summed E-state index contributed by atoms with van der Waals surface area (Å²) in [5, 5.41) is 10.1. The molecule has 1 aliphatic rings. The molecule has 1 aromatic carbocycles. The highest BCUT2D eigenvalue weighted by Gasteiger charge is 2.43. The summed E-state index contributed by atoms with van der Waals surface area (Å²) in [5.41, 5.74) is 0.0151. The number of rotatable bonds is 2. The Hall–Kier alpha value is -2.09. The molecule has 0 saturated carbocycles. The minimum atomic E-state index is -4.57. The monoisotopic (exact) mass is 369 g/mol. The Morgan fingerprint density at radius 1 is 1.35 bits per heavy atom. The molecule has 1 aliphatic heterocycles. The highest BCUT2D eigenvalue weighted by molar-refractivity contribution is 5.98. The summed E-state index contributed by atoms with van der Waals surface area (Å²) in [5.74, 6) is -1.29. The van der Waals surface area contributed by atoms with Crippen LogP contribution in [0.3, 0.4) is 0 Å². The number of alkyl halides is 3. The number of carbonyl (C=O) groups is 1. The van der Waals surface area contributed by atoms with E-state index in [1.165, 1.54) is 18.2 Å². The van der Waals surface area contributed by atoms with Crippen LogP contribution in [0.25, 0.3) is 11.0 Å². The number of benzene rings is 1. The second-order valence-electron chi connectivity index (χ2n) is 7.52. The average Bonchev–Trinajstić information content (AvgIpc) is 3.04. The normalized spacial score (nSPS) is 20.3. The molecule has 8 heteroatoms. The number of aliphatic hydroxyl groups is 1. The van der Waals surface area contributed by atoms with Gasteiger partial charge in [-0.25, -0.2) is 4.98 Å². The van der Waals surface area contributed by atoms with Crippen LogP contribution < -0.4 is 0 Å². The van der Waals surface area contributed by atoms with Gasteiger partial charge in [-0.1, -0.05) is 0 Å². The fourth-order valence-electron chi connectivity index (χ4n) is 3.55. The minimum absolute atomic E-state index is 0.134. The van der Waals surface area contributed by atoms with Crippen LogP contribution in [0.2, 0.25) is 0 Å². The molecular formula is C18H22F3N3O2. The molecular weight excluding hydrogens is 347 g/mol. The fourth-order valence-corrected chi connectivity index (χ4v) is 3.55. The predicted octanol–water partition coefficient (Wildman–Crippen LogP) is 3.62. The maximum absolute atomic E-state index is 13.3. The topological polar surface area (TPSA) is 58.4 Å². The largest absolute Gasteiger partial charge is 0.449 e. The van der Waals surface area contributed by atoms with Crippen molar-refractivity contribution in [2.45, 2.75) is 58.0 Å². The summed E-state index contributed by atoms with van der Waals surface area (Å²) >= 11 is 0. The highest BCUT2D eigenvalue weighted by Crippen LogP contribution is 2.35. The first-order valence-electron chi connectivity index (χ1n) is 8.53. The van der Waals surface area contributed by atoms with Crippen LogP contribution in [-0.2, 0) is 6.18 Å². The highest BCUT2D eigenvalue weighted by atomic mass is 19.4. The van der Waals surface area contributed by atoms with Crippen molar-refractivity contribution in [2.75, 3.05) is 6.54 Å². The molecule has 1 fully saturated rings. The van der Waals surface area contributed by atoms with E-state index < -0.39 is 29.7 Å². The van der Waals surface area contributed by atoms with E-state index in [-0.39, 0.29) is 17.0 Å². The maximum Gasteiger partial charge on any atom is 0.449 e. The molecule has 1 atom stereocenters. The van der Waals surface area contributed by atoms with Gasteiger partial charge in [0.15, 0.2) is 0 Å². The number of likely N-dealkylation sites (tertiary alicyclic amines) is 1. The van der Waals surface area contributed by atoms with Gasteiger partial charge >= 0.3 is 6.18 Å². The lowest BCUT2D eigenvalue weighted by Crippen LogP contribution is -2.48. The second-order valence-corrected chi connectivity index (χ2v) is 7.52. The Labute approximate surface area is 149 Å². The quantitative estimate of drug-likeness (QED) is 0.880. The molecule has 1 amide bonds. The van der Waals surface area contributed by atoms with Crippen molar-refractivity contribution in [2.24, 2.45) is 0 Å². The van der Waals surface area contributed by atoms with Crippen LogP contribution in [0.5, 0.6) is 0 Å². The van der Waals surface area contributed by atoms with Crippen molar-refractivity contribution in [1.29, 1.82) is 0 Å². The lowest BCUT2D eigenvalue weighted by atomic mass is 9.98. The summed E-state index contributed by atoms with van der Waals surface area (Å²) in [6.07, 6.45) is -4.73. The molecule has 1 N–H and O–H groups in total. The number of aromatic nitrogens is 2. The number of halogens is 3. The Morgan fingerprint density at radius 2 is 2.00 bits per heavy atom. The van der Waals surface area contributed by atoms with Gasteiger partial charge in [-0.3, -0.25) is 4.79 Å². The van der Waals surface area contributed by atoms with Gasteiger partial charge < -0.3 is 14.6 Å². The van der Waals surface area contributed by atoms with E-state index in [0.29, 0.717) is 18.5 Å². The second kappa shape index (κ2) is 5.97. The van der Waals surface area contributed by atoms with E-state index in [2.05, 4.69) is 4.98 Å². The molecule has 0 radical (unpaired) electrons. The fraction of sp³-hybridized carbons (Fsp3) is 0.556. The number of hydrogen-bond acceptors (Lipinski definition) is 3. The molecule has 0 aliphatic carbocycles. The molecule has 0 bridgehead atoms. The van der Waals surface area contributed by atoms with Crippen molar-refractivity contribution in [3.8, 4) is 0 Å². The first kappa shape index (κ1) is 18.7. The summed E-state index contributed by atoms with van der Waals surface area (Å²) in [7, 11) is 0. The van der Waals surface area contributed by atoms with Crippen LogP contribution in [0.15, 0.2) is 18.2 Å². The van der Waals surface area contributed by atoms with Crippen molar-refractivity contribution >= 4 is 16.9 Å².